The van der Waals surface area contributed by atoms with Crippen molar-refractivity contribution >= 4 is 22.3 Å². The highest BCUT2D eigenvalue weighted by Crippen LogP contribution is 2.33. The van der Waals surface area contributed by atoms with Gasteiger partial charge in [0.25, 0.3) is 0 Å². The lowest BCUT2D eigenvalue weighted by atomic mass is 9.98. The maximum Gasteiger partial charge on any atom is 0.311 e. The number of nitrogens with zero attached hydrogens (tertiary/aromatic N) is 2. The van der Waals surface area contributed by atoms with E-state index in [0.717, 1.165) is 0 Å². The molecule has 0 saturated heterocycles. The van der Waals surface area contributed by atoms with E-state index in [1.807, 2.05) is 13.0 Å². The van der Waals surface area contributed by atoms with Crippen LogP contribution >= 0.6 is 0 Å². The second-order valence-electron chi connectivity index (χ2n) is 5.80. The molecule has 1 aromatic heterocycles. The average Bonchev–Trinajstić information content (AvgIpc) is 2.49. The maximum absolute atomic E-state index is 11.3. The third kappa shape index (κ3) is 3.94. The zero-order valence-corrected chi connectivity index (χ0v) is 13.4. The van der Waals surface area contributed by atoms with Crippen LogP contribution in [0.5, 0.6) is 0 Å². The number of rotatable bonds is 7. The van der Waals surface area contributed by atoms with Crippen LogP contribution in [0.15, 0.2) is 30.5 Å². The molecular formula is C16H21N3O4. The number of anilines is 1. The van der Waals surface area contributed by atoms with Gasteiger partial charge in [-0.1, -0.05) is 18.2 Å². The largest absolute Gasteiger partial charge is 0.388 e. The second-order valence-corrected chi connectivity index (χ2v) is 5.80. The minimum absolute atomic E-state index is 0.130. The van der Waals surface area contributed by atoms with Gasteiger partial charge in [-0.15, -0.1) is 0 Å². The summed E-state index contributed by atoms with van der Waals surface area (Å²) in [7, 11) is 0. The Morgan fingerprint density at radius 2 is 2.13 bits per heavy atom. The van der Waals surface area contributed by atoms with Gasteiger partial charge in [-0.25, -0.2) is 4.98 Å². The van der Waals surface area contributed by atoms with Crippen molar-refractivity contribution in [3.8, 4) is 0 Å². The van der Waals surface area contributed by atoms with Crippen LogP contribution in [0, 0.1) is 10.1 Å². The number of nitro groups is 1. The van der Waals surface area contributed by atoms with Crippen molar-refractivity contribution in [3.05, 3.63) is 40.6 Å². The van der Waals surface area contributed by atoms with E-state index >= 15 is 0 Å². The summed E-state index contributed by atoms with van der Waals surface area (Å²) in [5.74, 6) is 0. The number of pyridine rings is 1. The van der Waals surface area contributed by atoms with E-state index in [1.165, 1.54) is 6.20 Å². The predicted molar refractivity (Wildman–Crippen MR) is 88.6 cm³/mol. The highest BCUT2D eigenvalue weighted by Gasteiger charge is 2.30. The van der Waals surface area contributed by atoms with Gasteiger partial charge in [-0.05, 0) is 26.8 Å². The number of hydrogen-bond acceptors (Lipinski definition) is 6. The van der Waals surface area contributed by atoms with Gasteiger partial charge in [-0.2, -0.15) is 0 Å². The van der Waals surface area contributed by atoms with Gasteiger partial charge in [0.2, 0.25) is 0 Å². The second kappa shape index (κ2) is 6.89. The molecule has 0 spiro atoms. The van der Waals surface area contributed by atoms with E-state index in [-0.39, 0.29) is 12.3 Å². The number of nitrogens with one attached hydrogen (secondary N) is 1. The van der Waals surface area contributed by atoms with Gasteiger partial charge in [0, 0.05) is 12.0 Å². The third-order valence-electron chi connectivity index (χ3n) is 3.61. The van der Waals surface area contributed by atoms with Gasteiger partial charge >= 0.3 is 5.69 Å². The summed E-state index contributed by atoms with van der Waals surface area (Å²) in [6, 6.07) is 6.65. The summed E-state index contributed by atoms with van der Waals surface area (Å²) in [6.45, 7) is 5.85. The number of para-hydroxylation sites is 1. The standard InChI is InChI=1S/C16H21N3O4/c1-4-23-10-14(16(2,3)20)18-15-11-7-5-6-8-12(11)17-9-13(15)19(21)22/h5-9,14,20H,4,10H2,1-3H3,(H,17,18)/t14-/m1/s1. The number of benzene rings is 1. The number of ether oxygens (including phenoxy) is 1. The van der Waals surface area contributed by atoms with Crippen LogP contribution in [0.25, 0.3) is 10.9 Å². The Labute approximate surface area is 134 Å². The summed E-state index contributed by atoms with van der Waals surface area (Å²) in [5, 5.41) is 25.4. The molecule has 0 radical (unpaired) electrons. The summed E-state index contributed by atoms with van der Waals surface area (Å²) in [4.78, 5) is 15.0. The number of aromatic nitrogens is 1. The van der Waals surface area contributed by atoms with E-state index < -0.39 is 16.6 Å². The summed E-state index contributed by atoms with van der Waals surface area (Å²) in [6.07, 6.45) is 1.23. The molecule has 0 bridgehead atoms. The molecule has 1 aromatic carbocycles. The highest BCUT2D eigenvalue weighted by atomic mass is 16.6. The fourth-order valence-electron chi connectivity index (χ4n) is 2.25. The smallest absolute Gasteiger partial charge is 0.311 e. The molecular weight excluding hydrogens is 298 g/mol. The Morgan fingerprint density at radius 3 is 2.74 bits per heavy atom. The van der Waals surface area contributed by atoms with Crippen LogP contribution in [-0.2, 0) is 4.74 Å². The molecule has 23 heavy (non-hydrogen) atoms. The zero-order valence-electron chi connectivity index (χ0n) is 13.4. The van der Waals surface area contributed by atoms with Gasteiger partial charge in [0.05, 0.1) is 28.7 Å². The first-order chi connectivity index (χ1) is 10.8. The SMILES string of the molecule is CCOC[C@@H](Nc1c([N+](=O)[O-])cnc2ccccc12)C(C)(C)O. The van der Waals surface area contributed by atoms with Crippen molar-refractivity contribution in [2.24, 2.45) is 0 Å². The van der Waals surface area contributed by atoms with Crippen molar-refractivity contribution in [1.82, 2.24) is 4.98 Å². The van der Waals surface area contributed by atoms with Crippen molar-refractivity contribution < 1.29 is 14.8 Å². The number of aliphatic hydroxyl groups is 1. The summed E-state index contributed by atoms with van der Waals surface area (Å²) >= 11 is 0. The van der Waals surface area contributed by atoms with E-state index in [1.54, 1.807) is 32.0 Å². The highest BCUT2D eigenvalue weighted by molar-refractivity contribution is 5.95. The van der Waals surface area contributed by atoms with Crippen LogP contribution in [0.3, 0.4) is 0 Å². The van der Waals surface area contributed by atoms with Crippen LogP contribution in [0.1, 0.15) is 20.8 Å². The van der Waals surface area contributed by atoms with E-state index in [4.69, 9.17) is 4.74 Å². The average molecular weight is 319 g/mol. The quantitative estimate of drug-likeness (QED) is 0.601. The number of fused-ring (bicyclic) bond motifs is 1. The first-order valence-corrected chi connectivity index (χ1v) is 7.43. The molecule has 7 heteroatoms. The molecule has 0 amide bonds. The van der Waals surface area contributed by atoms with Crippen LogP contribution in [0.2, 0.25) is 0 Å². The van der Waals surface area contributed by atoms with Crippen molar-refractivity contribution in [3.63, 3.8) is 0 Å². The minimum atomic E-state index is -1.12. The lowest BCUT2D eigenvalue weighted by Crippen LogP contribution is -2.45. The molecule has 0 aliphatic carbocycles. The fraction of sp³-hybridized carbons (Fsp3) is 0.438. The molecule has 2 N–H and O–H groups in total. The summed E-state index contributed by atoms with van der Waals surface area (Å²) in [5.41, 5.74) is -0.263. The first kappa shape index (κ1) is 17.1. The monoisotopic (exact) mass is 319 g/mol. The zero-order chi connectivity index (χ0) is 17.0. The Kier molecular flexibility index (Phi) is 5.12. The Balaban J connectivity index is 2.50. The lowest BCUT2D eigenvalue weighted by Gasteiger charge is -2.31. The molecule has 0 unspecified atom stereocenters. The minimum Gasteiger partial charge on any atom is -0.388 e. The van der Waals surface area contributed by atoms with E-state index in [2.05, 4.69) is 10.3 Å². The Hall–Kier alpha value is -2.25. The molecule has 2 rings (SSSR count). The molecule has 7 nitrogen and oxygen atoms in total. The molecule has 124 valence electrons. The molecule has 2 aromatic rings. The molecule has 0 fully saturated rings. The normalized spacial score (nSPS) is 13.0. The number of hydrogen-bond donors (Lipinski definition) is 2. The molecule has 0 aliphatic rings. The van der Waals surface area contributed by atoms with Crippen LogP contribution < -0.4 is 5.32 Å². The van der Waals surface area contributed by atoms with Gasteiger partial charge in [0.1, 0.15) is 11.9 Å². The van der Waals surface area contributed by atoms with Gasteiger partial charge in [0.15, 0.2) is 0 Å². The van der Waals surface area contributed by atoms with E-state index in [0.29, 0.717) is 23.2 Å². The van der Waals surface area contributed by atoms with E-state index in [9.17, 15) is 15.2 Å². The molecule has 0 saturated carbocycles. The lowest BCUT2D eigenvalue weighted by molar-refractivity contribution is -0.384. The molecule has 0 aliphatic heterocycles. The summed E-state index contributed by atoms with van der Waals surface area (Å²) < 4.78 is 5.40. The maximum atomic E-state index is 11.3. The Bertz CT molecular complexity index is 697. The third-order valence-corrected chi connectivity index (χ3v) is 3.61. The van der Waals surface area contributed by atoms with Gasteiger partial charge in [-0.3, -0.25) is 10.1 Å². The van der Waals surface area contributed by atoms with Crippen molar-refractivity contribution in [2.75, 3.05) is 18.5 Å². The van der Waals surface area contributed by atoms with Crippen LogP contribution in [0.4, 0.5) is 11.4 Å². The fourth-order valence-corrected chi connectivity index (χ4v) is 2.25. The molecule has 1 atom stereocenters. The molecule has 1 heterocycles. The van der Waals surface area contributed by atoms with Crippen molar-refractivity contribution in [2.45, 2.75) is 32.4 Å². The predicted octanol–water partition coefficient (Wildman–Crippen LogP) is 2.73. The first-order valence-electron chi connectivity index (χ1n) is 7.43. The topological polar surface area (TPSA) is 97.5 Å². The Morgan fingerprint density at radius 1 is 1.43 bits per heavy atom. The van der Waals surface area contributed by atoms with Crippen molar-refractivity contribution in [1.29, 1.82) is 0 Å². The van der Waals surface area contributed by atoms with Crippen LogP contribution in [-0.4, -0.2) is 39.9 Å². The van der Waals surface area contributed by atoms with Gasteiger partial charge < -0.3 is 15.2 Å².